The van der Waals surface area contributed by atoms with Crippen molar-refractivity contribution < 1.29 is 9.53 Å². The Balaban J connectivity index is 1.89. The summed E-state index contributed by atoms with van der Waals surface area (Å²) >= 11 is 0. The second kappa shape index (κ2) is 6.75. The van der Waals surface area contributed by atoms with Gasteiger partial charge in [0.25, 0.3) is 0 Å². The molecule has 0 saturated heterocycles. The first-order valence-corrected chi connectivity index (χ1v) is 7.97. The number of ether oxygens (including phenoxy) is 1. The highest BCUT2D eigenvalue weighted by atomic mass is 16.5. The molecular formula is C21H21NO2. The molecule has 122 valence electrons. The number of methoxy groups -OCH3 is 1. The number of fused-ring (bicyclic) bond motifs is 1. The molecule has 0 aliphatic rings. The zero-order valence-electron chi connectivity index (χ0n) is 14.2. The van der Waals surface area contributed by atoms with E-state index in [-0.39, 0.29) is 5.97 Å². The van der Waals surface area contributed by atoms with Crippen LogP contribution >= 0.6 is 0 Å². The Kier molecular flexibility index (Phi) is 4.52. The Morgan fingerprint density at radius 3 is 2.42 bits per heavy atom. The van der Waals surface area contributed by atoms with Crippen LogP contribution < -0.4 is 4.90 Å². The Morgan fingerprint density at radius 1 is 1.00 bits per heavy atom. The summed E-state index contributed by atoms with van der Waals surface area (Å²) in [7, 11) is 3.50. The molecule has 24 heavy (non-hydrogen) atoms. The minimum atomic E-state index is -0.306. The molecular weight excluding hydrogens is 298 g/mol. The number of hydrogen-bond acceptors (Lipinski definition) is 3. The third-order valence-electron chi connectivity index (χ3n) is 4.28. The Morgan fingerprint density at radius 2 is 1.71 bits per heavy atom. The van der Waals surface area contributed by atoms with Gasteiger partial charge in [0, 0.05) is 24.7 Å². The van der Waals surface area contributed by atoms with Crippen molar-refractivity contribution in [3.8, 4) is 0 Å². The van der Waals surface area contributed by atoms with Gasteiger partial charge in [-0.3, -0.25) is 0 Å². The molecule has 0 fully saturated rings. The van der Waals surface area contributed by atoms with Crippen molar-refractivity contribution in [2.24, 2.45) is 0 Å². The normalized spacial score (nSPS) is 10.6. The summed E-state index contributed by atoms with van der Waals surface area (Å²) in [5.74, 6) is -0.306. The zero-order valence-corrected chi connectivity index (χ0v) is 14.2. The van der Waals surface area contributed by atoms with Gasteiger partial charge >= 0.3 is 5.97 Å². The molecule has 3 aromatic carbocycles. The summed E-state index contributed by atoms with van der Waals surface area (Å²) in [4.78, 5) is 13.8. The Labute approximate surface area is 142 Å². The maximum Gasteiger partial charge on any atom is 0.337 e. The molecule has 0 saturated carbocycles. The van der Waals surface area contributed by atoms with Gasteiger partial charge in [0.05, 0.1) is 12.7 Å². The van der Waals surface area contributed by atoms with E-state index in [0.29, 0.717) is 5.56 Å². The second-order valence-electron chi connectivity index (χ2n) is 6.00. The molecule has 0 bridgehead atoms. The standard InChI is InChI=1S/C21H21NO2/c1-15-8-11-17-6-4-5-7-19(17)20(15)22(2)14-16-9-12-18(13-10-16)21(23)24-3/h4-13H,14H2,1-3H3. The summed E-state index contributed by atoms with van der Waals surface area (Å²) in [6.45, 7) is 2.91. The van der Waals surface area contributed by atoms with Crippen molar-refractivity contribution >= 4 is 22.4 Å². The highest BCUT2D eigenvalue weighted by molar-refractivity contribution is 5.95. The molecule has 3 aromatic rings. The van der Waals surface area contributed by atoms with Gasteiger partial charge < -0.3 is 9.64 Å². The monoisotopic (exact) mass is 319 g/mol. The van der Waals surface area contributed by atoms with E-state index < -0.39 is 0 Å². The predicted octanol–water partition coefficient (Wildman–Crippen LogP) is 4.57. The van der Waals surface area contributed by atoms with Crippen LogP contribution in [0.2, 0.25) is 0 Å². The van der Waals surface area contributed by atoms with Crippen LogP contribution in [0.25, 0.3) is 10.8 Å². The number of nitrogens with zero attached hydrogens (tertiary/aromatic N) is 1. The molecule has 0 radical (unpaired) electrons. The van der Waals surface area contributed by atoms with Crippen molar-refractivity contribution in [1.82, 2.24) is 0 Å². The van der Waals surface area contributed by atoms with Crippen LogP contribution in [0.4, 0.5) is 5.69 Å². The molecule has 0 aliphatic heterocycles. The lowest BCUT2D eigenvalue weighted by molar-refractivity contribution is 0.0600. The SMILES string of the molecule is COC(=O)c1ccc(CN(C)c2c(C)ccc3ccccc23)cc1. The highest BCUT2D eigenvalue weighted by Crippen LogP contribution is 2.30. The molecule has 0 spiro atoms. The van der Waals surface area contributed by atoms with E-state index in [1.165, 1.54) is 29.1 Å². The predicted molar refractivity (Wildman–Crippen MR) is 98.6 cm³/mol. The number of esters is 1. The zero-order chi connectivity index (χ0) is 17.1. The summed E-state index contributed by atoms with van der Waals surface area (Å²) in [6.07, 6.45) is 0. The van der Waals surface area contributed by atoms with Crippen molar-refractivity contribution in [3.63, 3.8) is 0 Å². The van der Waals surface area contributed by atoms with Gasteiger partial charge in [-0.2, -0.15) is 0 Å². The molecule has 0 unspecified atom stereocenters. The second-order valence-corrected chi connectivity index (χ2v) is 6.00. The molecule has 0 aliphatic carbocycles. The molecule has 0 N–H and O–H groups in total. The van der Waals surface area contributed by atoms with Gasteiger partial charge in [-0.25, -0.2) is 4.79 Å². The van der Waals surface area contributed by atoms with E-state index in [4.69, 9.17) is 4.74 Å². The number of anilines is 1. The van der Waals surface area contributed by atoms with E-state index in [1.54, 1.807) is 0 Å². The van der Waals surface area contributed by atoms with Gasteiger partial charge in [0.1, 0.15) is 0 Å². The van der Waals surface area contributed by atoms with Gasteiger partial charge in [-0.15, -0.1) is 0 Å². The minimum absolute atomic E-state index is 0.306. The number of carbonyl (C=O) groups excluding carboxylic acids is 1. The van der Waals surface area contributed by atoms with Crippen molar-refractivity contribution in [1.29, 1.82) is 0 Å². The summed E-state index contributed by atoms with van der Waals surface area (Å²) in [5, 5.41) is 2.50. The molecule has 3 nitrogen and oxygen atoms in total. The fraction of sp³-hybridized carbons (Fsp3) is 0.190. The molecule has 3 heteroatoms. The Bertz CT molecular complexity index is 869. The van der Waals surface area contributed by atoms with Crippen LogP contribution in [0.15, 0.2) is 60.7 Å². The lowest BCUT2D eigenvalue weighted by Gasteiger charge is -2.23. The van der Waals surface area contributed by atoms with Crippen LogP contribution in [0, 0.1) is 6.92 Å². The van der Waals surface area contributed by atoms with Crippen LogP contribution in [0.1, 0.15) is 21.5 Å². The van der Waals surface area contributed by atoms with Crippen LogP contribution in [-0.2, 0) is 11.3 Å². The highest BCUT2D eigenvalue weighted by Gasteiger charge is 2.11. The van der Waals surface area contributed by atoms with Crippen molar-refractivity contribution in [2.45, 2.75) is 13.5 Å². The smallest absolute Gasteiger partial charge is 0.337 e. The fourth-order valence-electron chi connectivity index (χ4n) is 3.09. The van der Waals surface area contributed by atoms with Gasteiger partial charge in [0.2, 0.25) is 0 Å². The number of carbonyl (C=O) groups is 1. The van der Waals surface area contributed by atoms with E-state index in [2.05, 4.69) is 55.3 Å². The average molecular weight is 319 g/mol. The first-order chi connectivity index (χ1) is 11.6. The van der Waals surface area contributed by atoms with Crippen LogP contribution in [-0.4, -0.2) is 20.1 Å². The van der Waals surface area contributed by atoms with Crippen molar-refractivity contribution in [2.75, 3.05) is 19.1 Å². The first-order valence-electron chi connectivity index (χ1n) is 7.97. The van der Waals surface area contributed by atoms with E-state index in [0.717, 1.165) is 12.1 Å². The number of hydrogen-bond donors (Lipinski definition) is 0. The average Bonchev–Trinajstić information content (AvgIpc) is 2.61. The summed E-state index contributed by atoms with van der Waals surface area (Å²) in [5.41, 5.74) is 4.22. The number of aryl methyl sites for hydroxylation is 1. The lowest BCUT2D eigenvalue weighted by atomic mass is 10.0. The molecule has 3 rings (SSSR count). The van der Waals surface area contributed by atoms with Crippen molar-refractivity contribution in [3.05, 3.63) is 77.4 Å². The van der Waals surface area contributed by atoms with Gasteiger partial charge in [0.15, 0.2) is 0 Å². The first kappa shape index (κ1) is 16.1. The van der Waals surface area contributed by atoms with E-state index >= 15 is 0 Å². The molecule has 0 atom stereocenters. The quantitative estimate of drug-likeness (QED) is 0.660. The third kappa shape index (κ3) is 3.11. The molecule has 0 heterocycles. The fourth-order valence-corrected chi connectivity index (χ4v) is 3.09. The maximum atomic E-state index is 11.5. The molecule has 0 amide bonds. The van der Waals surface area contributed by atoms with Crippen LogP contribution in [0.5, 0.6) is 0 Å². The van der Waals surface area contributed by atoms with Gasteiger partial charge in [-0.05, 0) is 35.6 Å². The van der Waals surface area contributed by atoms with Gasteiger partial charge in [-0.1, -0.05) is 48.5 Å². The van der Waals surface area contributed by atoms with Crippen LogP contribution in [0.3, 0.4) is 0 Å². The third-order valence-corrected chi connectivity index (χ3v) is 4.28. The topological polar surface area (TPSA) is 29.5 Å². The maximum absolute atomic E-state index is 11.5. The molecule has 0 aromatic heterocycles. The summed E-state index contributed by atoms with van der Waals surface area (Å²) < 4.78 is 4.74. The minimum Gasteiger partial charge on any atom is -0.465 e. The summed E-state index contributed by atoms with van der Waals surface area (Å²) in [6, 6.07) is 20.3. The number of rotatable bonds is 4. The van der Waals surface area contributed by atoms with E-state index in [9.17, 15) is 4.79 Å². The lowest BCUT2D eigenvalue weighted by Crippen LogP contribution is -2.18. The Hall–Kier alpha value is -2.81. The number of benzene rings is 3. The van der Waals surface area contributed by atoms with E-state index in [1.807, 2.05) is 24.3 Å². The largest absolute Gasteiger partial charge is 0.465 e.